The summed E-state index contributed by atoms with van der Waals surface area (Å²) >= 11 is -3.13. The summed E-state index contributed by atoms with van der Waals surface area (Å²) in [6.45, 7) is 9.97. The van der Waals surface area contributed by atoms with Gasteiger partial charge in [0.15, 0.2) is 0 Å². The quantitative estimate of drug-likeness (QED) is 0.187. The van der Waals surface area contributed by atoms with Crippen LogP contribution in [0.5, 0.6) is 0 Å². The molecule has 0 nitrogen and oxygen atoms in total. The van der Waals surface area contributed by atoms with E-state index >= 15 is 0 Å². The van der Waals surface area contributed by atoms with E-state index in [1.807, 2.05) is 0 Å². The zero-order valence-corrected chi connectivity index (χ0v) is 28.4. The number of rotatable bonds is 4. The monoisotopic (exact) mass is 688 g/mol. The molecule has 2 aliphatic carbocycles. The van der Waals surface area contributed by atoms with Crippen molar-refractivity contribution < 1.29 is 20.0 Å². The van der Waals surface area contributed by atoms with Crippen molar-refractivity contribution in [1.82, 2.24) is 0 Å². The number of benzene rings is 4. The Balaban J connectivity index is 1.60. The zero-order valence-electron chi connectivity index (χ0n) is 24.8. The fraction of sp³-hybridized carbons (Fsp3) is 0.282. The van der Waals surface area contributed by atoms with E-state index in [0.717, 1.165) is 12.8 Å². The van der Waals surface area contributed by atoms with E-state index in [-0.39, 0.29) is 5.41 Å². The molecule has 0 radical (unpaired) electrons. The second-order valence-corrected chi connectivity index (χ2v) is 30.3. The Kier molecular flexibility index (Phi) is 6.13. The number of allylic oxidation sites excluding steroid dienone is 4. The molecule has 4 bridgehead atoms. The van der Waals surface area contributed by atoms with E-state index in [4.69, 9.17) is 0 Å². The van der Waals surface area contributed by atoms with Gasteiger partial charge in [-0.15, -0.1) is 0 Å². The van der Waals surface area contributed by atoms with Gasteiger partial charge >= 0.3 is 246 Å². The van der Waals surface area contributed by atoms with Crippen molar-refractivity contribution in [3.63, 3.8) is 0 Å². The normalized spacial score (nSPS) is 21.6. The first-order valence-electron chi connectivity index (χ1n) is 15.2. The molecule has 0 aromatic heterocycles. The summed E-state index contributed by atoms with van der Waals surface area (Å²) in [7, 11) is 0. The molecule has 1 heterocycles. The van der Waals surface area contributed by atoms with Gasteiger partial charge in [0, 0.05) is 0 Å². The first-order valence-corrected chi connectivity index (χ1v) is 26.5. The van der Waals surface area contributed by atoms with Crippen LogP contribution >= 0.6 is 0 Å². The van der Waals surface area contributed by atoms with Crippen LogP contribution in [0.4, 0.5) is 0 Å². The molecule has 0 saturated heterocycles. The summed E-state index contributed by atoms with van der Waals surface area (Å²) in [4.78, 5) is 0. The summed E-state index contributed by atoms with van der Waals surface area (Å²) in [5, 5.41) is 0. The van der Waals surface area contributed by atoms with Gasteiger partial charge in [-0.2, -0.15) is 0 Å². The third-order valence-corrected chi connectivity index (χ3v) is 25.8. The van der Waals surface area contributed by atoms with Crippen molar-refractivity contribution in [2.45, 2.75) is 57.2 Å². The molecule has 0 spiro atoms. The van der Waals surface area contributed by atoms with E-state index in [1.165, 1.54) is 22.3 Å². The van der Waals surface area contributed by atoms with Crippen molar-refractivity contribution in [2.75, 3.05) is 0 Å². The molecule has 3 aliphatic rings. The molecule has 7 rings (SSSR count). The fourth-order valence-electron chi connectivity index (χ4n) is 9.06. The molecule has 0 N–H and O–H groups in total. The van der Waals surface area contributed by atoms with Gasteiger partial charge in [0.1, 0.15) is 0 Å². The topological polar surface area (TPSA) is 0 Å². The van der Waals surface area contributed by atoms with Gasteiger partial charge in [-0.3, -0.25) is 0 Å². The molecule has 4 aromatic rings. The zero-order chi connectivity index (χ0) is 27.8. The Hall–Kier alpha value is -2.77. The Morgan fingerprint density at radius 3 is 1.32 bits per heavy atom. The second kappa shape index (κ2) is 9.38. The Labute approximate surface area is 245 Å². The number of hydrogen-bond acceptors (Lipinski definition) is 0. The third kappa shape index (κ3) is 3.46. The molecular weight excluding hydrogens is 647 g/mol. The van der Waals surface area contributed by atoms with Crippen LogP contribution in [0.2, 0.25) is 9.36 Å². The Bertz CT molecular complexity index is 1570. The molecule has 2 unspecified atom stereocenters. The van der Waals surface area contributed by atoms with E-state index in [2.05, 4.69) is 134 Å². The summed E-state index contributed by atoms with van der Waals surface area (Å²) in [6.07, 6.45) is 2.28. The SMILES string of the molecule is CCC1=C2c3c(-c4ccccc4)cccc3[CH]1[Hf]([CH3])([CH3])[CH]1C(CC)=C(c3c(-c4ccccc4)cccc31)C2(C)C. The average Bonchev–Trinajstić information content (AvgIpc) is 3.53. The molecule has 2 atom stereocenters. The predicted octanol–water partition coefficient (Wildman–Crippen LogP) is 11.4. The van der Waals surface area contributed by atoms with E-state index < -0.39 is 20.0 Å². The van der Waals surface area contributed by atoms with Crippen molar-refractivity contribution in [3.8, 4) is 22.3 Å². The number of hydrogen-bond donors (Lipinski definition) is 0. The maximum atomic E-state index is 2.79. The molecule has 200 valence electrons. The van der Waals surface area contributed by atoms with E-state index in [9.17, 15) is 0 Å². The van der Waals surface area contributed by atoms with Crippen LogP contribution in [0.15, 0.2) is 108 Å². The first-order chi connectivity index (χ1) is 19.3. The van der Waals surface area contributed by atoms with Crippen molar-refractivity contribution in [3.05, 3.63) is 130 Å². The van der Waals surface area contributed by atoms with Gasteiger partial charge in [0.2, 0.25) is 0 Å². The van der Waals surface area contributed by atoms with Crippen molar-refractivity contribution in [2.24, 2.45) is 5.41 Å². The van der Waals surface area contributed by atoms with Crippen LogP contribution in [0.3, 0.4) is 0 Å². The van der Waals surface area contributed by atoms with Gasteiger partial charge < -0.3 is 0 Å². The van der Waals surface area contributed by atoms with Crippen LogP contribution < -0.4 is 0 Å². The molecule has 1 heteroatoms. The molecule has 4 aromatic carbocycles. The van der Waals surface area contributed by atoms with E-state index in [0.29, 0.717) is 7.35 Å². The summed E-state index contributed by atoms with van der Waals surface area (Å²) in [6, 6.07) is 36.8. The van der Waals surface area contributed by atoms with Crippen LogP contribution in [0, 0.1) is 5.41 Å². The molecule has 1 aliphatic heterocycles. The van der Waals surface area contributed by atoms with Gasteiger partial charge in [-0.25, -0.2) is 0 Å². The summed E-state index contributed by atoms with van der Waals surface area (Å²) in [5.41, 5.74) is 18.6. The van der Waals surface area contributed by atoms with Crippen molar-refractivity contribution >= 4 is 11.1 Å². The number of fused-ring (bicyclic) bond motifs is 8. The fourth-order valence-corrected chi connectivity index (χ4v) is 26.7. The van der Waals surface area contributed by atoms with Gasteiger partial charge in [0.05, 0.1) is 0 Å². The molecule has 0 amide bonds. The van der Waals surface area contributed by atoms with Crippen molar-refractivity contribution in [1.29, 1.82) is 0 Å². The Morgan fingerprint density at radius 2 is 0.950 bits per heavy atom. The van der Waals surface area contributed by atoms with Gasteiger partial charge in [-0.1, -0.05) is 0 Å². The van der Waals surface area contributed by atoms with Crippen LogP contribution in [-0.2, 0) is 20.0 Å². The van der Waals surface area contributed by atoms with Crippen LogP contribution in [-0.4, -0.2) is 0 Å². The summed E-state index contributed by atoms with van der Waals surface area (Å²) in [5.74, 6) is 0. The standard InChI is InChI=1S/C37H34.2CH3.Hf/c1-5-25-23-29-19-13-21-31(27-15-9-7-10-16-27)33(29)35(25)37(3,4)36-26(6-2)24-30-20-14-22-32(34(30)36)28-17-11-8-12-18-28;;;/h7-24H,5-6H2,1-4H3;2*1H3;. The molecule has 0 fully saturated rings. The van der Waals surface area contributed by atoms with Crippen LogP contribution in [0.25, 0.3) is 33.4 Å². The summed E-state index contributed by atoms with van der Waals surface area (Å²) < 4.78 is 6.81. The predicted molar refractivity (Wildman–Crippen MR) is 169 cm³/mol. The van der Waals surface area contributed by atoms with Gasteiger partial charge in [-0.05, 0) is 0 Å². The minimum atomic E-state index is -3.13. The van der Waals surface area contributed by atoms with Crippen LogP contribution in [0.1, 0.15) is 70.1 Å². The Morgan fingerprint density at radius 1 is 0.550 bits per heavy atom. The van der Waals surface area contributed by atoms with E-state index in [1.54, 1.807) is 44.5 Å². The average molecular weight is 687 g/mol. The molecule has 40 heavy (non-hydrogen) atoms. The second-order valence-electron chi connectivity index (χ2n) is 13.1. The maximum absolute atomic E-state index is 3.13. The minimum absolute atomic E-state index is 0.0935. The molecular formula is C39H40Hf. The first kappa shape index (κ1) is 26.1. The third-order valence-electron chi connectivity index (χ3n) is 10.3. The van der Waals surface area contributed by atoms with Gasteiger partial charge in [0.25, 0.3) is 0 Å². The molecule has 0 saturated carbocycles.